The lowest BCUT2D eigenvalue weighted by molar-refractivity contribution is -0.125. The SMILES string of the molecule is NC(=O)CN1CCCN(C(=O)/C=C\c2ccnc3ccccc23)CC1. The highest BCUT2D eigenvalue weighted by molar-refractivity contribution is 5.95. The van der Waals surface area contributed by atoms with Gasteiger partial charge in [-0.2, -0.15) is 0 Å². The number of pyridine rings is 1. The van der Waals surface area contributed by atoms with Crippen LogP contribution in [-0.2, 0) is 9.59 Å². The first kappa shape index (κ1) is 17.1. The lowest BCUT2D eigenvalue weighted by atomic mass is 10.1. The van der Waals surface area contributed by atoms with E-state index in [0.29, 0.717) is 19.6 Å². The number of aromatic nitrogens is 1. The lowest BCUT2D eigenvalue weighted by Gasteiger charge is -2.20. The summed E-state index contributed by atoms with van der Waals surface area (Å²) in [6.45, 7) is 3.00. The molecule has 2 aromatic rings. The zero-order valence-corrected chi connectivity index (χ0v) is 14.1. The van der Waals surface area contributed by atoms with Crippen molar-refractivity contribution in [2.24, 2.45) is 5.73 Å². The standard InChI is InChI=1S/C19H22N4O2/c20-18(24)14-22-10-3-11-23(13-12-22)19(25)7-6-15-8-9-21-17-5-2-1-4-16(15)17/h1-2,4-9H,3,10-14H2,(H2,20,24)/b7-6-. The topological polar surface area (TPSA) is 79.5 Å². The molecule has 6 heteroatoms. The molecule has 25 heavy (non-hydrogen) atoms. The number of carbonyl (C=O) groups is 2. The number of hydrogen-bond acceptors (Lipinski definition) is 4. The molecule has 2 N–H and O–H groups in total. The molecular formula is C19H22N4O2. The fraction of sp³-hybridized carbons (Fsp3) is 0.316. The third kappa shape index (κ3) is 4.42. The minimum Gasteiger partial charge on any atom is -0.369 e. The Morgan fingerprint density at radius 3 is 2.80 bits per heavy atom. The molecule has 0 radical (unpaired) electrons. The third-order valence-electron chi connectivity index (χ3n) is 4.37. The van der Waals surface area contributed by atoms with Crippen molar-refractivity contribution < 1.29 is 9.59 Å². The van der Waals surface area contributed by atoms with Crippen molar-refractivity contribution in [2.75, 3.05) is 32.7 Å². The van der Waals surface area contributed by atoms with E-state index in [1.54, 1.807) is 12.3 Å². The molecule has 1 aliphatic heterocycles. The van der Waals surface area contributed by atoms with E-state index >= 15 is 0 Å². The van der Waals surface area contributed by atoms with Crippen LogP contribution in [-0.4, -0.2) is 59.3 Å². The number of hydrogen-bond donors (Lipinski definition) is 1. The Labute approximate surface area is 146 Å². The van der Waals surface area contributed by atoms with E-state index in [-0.39, 0.29) is 18.4 Å². The van der Waals surface area contributed by atoms with E-state index in [9.17, 15) is 9.59 Å². The molecule has 1 aliphatic rings. The summed E-state index contributed by atoms with van der Waals surface area (Å²) in [7, 11) is 0. The number of nitrogens with two attached hydrogens (primary N) is 1. The quantitative estimate of drug-likeness (QED) is 0.852. The van der Waals surface area contributed by atoms with E-state index < -0.39 is 0 Å². The summed E-state index contributed by atoms with van der Waals surface area (Å²) >= 11 is 0. The fourth-order valence-electron chi connectivity index (χ4n) is 3.10. The van der Waals surface area contributed by atoms with Crippen LogP contribution in [0.3, 0.4) is 0 Å². The summed E-state index contributed by atoms with van der Waals surface area (Å²) in [6.07, 6.45) is 6.05. The van der Waals surface area contributed by atoms with Gasteiger partial charge in [-0.25, -0.2) is 0 Å². The van der Waals surface area contributed by atoms with E-state index in [1.165, 1.54) is 0 Å². The molecule has 3 rings (SSSR count). The zero-order valence-electron chi connectivity index (χ0n) is 14.1. The Morgan fingerprint density at radius 2 is 1.96 bits per heavy atom. The number of benzene rings is 1. The number of amides is 2. The third-order valence-corrected chi connectivity index (χ3v) is 4.37. The highest BCUT2D eigenvalue weighted by Gasteiger charge is 2.18. The number of primary amides is 1. The van der Waals surface area contributed by atoms with Crippen LogP contribution in [0.5, 0.6) is 0 Å². The number of para-hydroxylation sites is 1. The predicted octanol–water partition coefficient (Wildman–Crippen LogP) is 1.27. The van der Waals surface area contributed by atoms with Gasteiger partial charge in [0, 0.05) is 43.8 Å². The van der Waals surface area contributed by atoms with Crippen LogP contribution in [0.15, 0.2) is 42.6 Å². The number of nitrogens with zero attached hydrogens (tertiary/aromatic N) is 3. The van der Waals surface area contributed by atoms with E-state index in [1.807, 2.05) is 46.2 Å². The van der Waals surface area contributed by atoms with Gasteiger partial charge in [-0.15, -0.1) is 0 Å². The van der Waals surface area contributed by atoms with Crippen LogP contribution in [0.2, 0.25) is 0 Å². The summed E-state index contributed by atoms with van der Waals surface area (Å²) in [5, 5.41) is 1.03. The zero-order chi connectivity index (χ0) is 17.6. The molecule has 1 saturated heterocycles. The second-order valence-electron chi connectivity index (χ2n) is 6.17. The van der Waals surface area contributed by atoms with Gasteiger partial charge in [-0.3, -0.25) is 19.5 Å². The van der Waals surface area contributed by atoms with Gasteiger partial charge in [0.1, 0.15) is 0 Å². The maximum Gasteiger partial charge on any atom is 0.246 e. The molecule has 1 fully saturated rings. The van der Waals surface area contributed by atoms with Gasteiger partial charge in [0.2, 0.25) is 11.8 Å². The molecule has 0 spiro atoms. The number of rotatable bonds is 4. The summed E-state index contributed by atoms with van der Waals surface area (Å²) in [4.78, 5) is 31.7. The van der Waals surface area contributed by atoms with Crippen molar-refractivity contribution in [2.45, 2.75) is 6.42 Å². The number of carbonyl (C=O) groups excluding carboxylic acids is 2. The van der Waals surface area contributed by atoms with Gasteiger partial charge in [-0.1, -0.05) is 18.2 Å². The molecule has 2 amide bonds. The molecule has 0 atom stereocenters. The second kappa shape index (κ2) is 7.90. The first-order valence-electron chi connectivity index (χ1n) is 8.45. The van der Waals surface area contributed by atoms with Crippen LogP contribution in [0.4, 0.5) is 0 Å². The smallest absolute Gasteiger partial charge is 0.246 e. The van der Waals surface area contributed by atoms with Crippen LogP contribution in [0.1, 0.15) is 12.0 Å². The normalized spacial score (nSPS) is 16.2. The predicted molar refractivity (Wildman–Crippen MR) is 97.6 cm³/mol. The molecule has 1 aromatic heterocycles. The molecule has 130 valence electrons. The van der Waals surface area contributed by atoms with Crippen molar-refractivity contribution in [3.05, 3.63) is 48.2 Å². The second-order valence-corrected chi connectivity index (χ2v) is 6.17. The molecule has 1 aromatic carbocycles. The molecule has 6 nitrogen and oxygen atoms in total. The van der Waals surface area contributed by atoms with Crippen LogP contribution < -0.4 is 5.73 Å². The van der Waals surface area contributed by atoms with Crippen LogP contribution in [0, 0.1) is 0 Å². The van der Waals surface area contributed by atoms with Crippen molar-refractivity contribution >= 4 is 28.8 Å². The highest BCUT2D eigenvalue weighted by Crippen LogP contribution is 2.17. The summed E-state index contributed by atoms with van der Waals surface area (Å²) in [5.74, 6) is -0.342. The van der Waals surface area contributed by atoms with Crippen molar-refractivity contribution in [3.8, 4) is 0 Å². The monoisotopic (exact) mass is 338 g/mol. The molecule has 0 bridgehead atoms. The van der Waals surface area contributed by atoms with E-state index in [0.717, 1.165) is 29.4 Å². The van der Waals surface area contributed by atoms with E-state index in [2.05, 4.69) is 4.98 Å². The molecule has 2 heterocycles. The van der Waals surface area contributed by atoms with Crippen molar-refractivity contribution in [3.63, 3.8) is 0 Å². The molecular weight excluding hydrogens is 316 g/mol. The maximum absolute atomic E-state index is 12.5. The minimum absolute atomic E-state index is 0.0122. The highest BCUT2D eigenvalue weighted by atomic mass is 16.2. The average Bonchev–Trinajstić information content (AvgIpc) is 2.84. The molecule has 0 aliphatic carbocycles. The number of fused-ring (bicyclic) bond motifs is 1. The Kier molecular flexibility index (Phi) is 5.40. The average molecular weight is 338 g/mol. The Bertz CT molecular complexity index is 798. The molecule has 0 unspecified atom stereocenters. The first-order chi connectivity index (χ1) is 12.1. The minimum atomic E-state index is -0.329. The summed E-state index contributed by atoms with van der Waals surface area (Å²) < 4.78 is 0. The van der Waals surface area contributed by atoms with E-state index in [4.69, 9.17) is 5.73 Å². The van der Waals surface area contributed by atoms with Gasteiger partial charge in [0.15, 0.2) is 0 Å². The van der Waals surface area contributed by atoms with Gasteiger partial charge >= 0.3 is 0 Å². The summed E-state index contributed by atoms with van der Waals surface area (Å²) in [6, 6.07) is 9.77. The van der Waals surface area contributed by atoms with Crippen molar-refractivity contribution in [1.29, 1.82) is 0 Å². The van der Waals surface area contributed by atoms with Gasteiger partial charge in [0.05, 0.1) is 12.1 Å². The largest absolute Gasteiger partial charge is 0.369 e. The fourth-order valence-corrected chi connectivity index (χ4v) is 3.10. The van der Waals surface area contributed by atoms with Crippen LogP contribution >= 0.6 is 0 Å². The van der Waals surface area contributed by atoms with Gasteiger partial charge in [0.25, 0.3) is 0 Å². The molecule has 0 saturated carbocycles. The Morgan fingerprint density at radius 1 is 1.12 bits per heavy atom. The van der Waals surface area contributed by atoms with Crippen LogP contribution in [0.25, 0.3) is 17.0 Å². The first-order valence-corrected chi connectivity index (χ1v) is 8.45. The van der Waals surface area contributed by atoms with Crippen molar-refractivity contribution in [1.82, 2.24) is 14.8 Å². The summed E-state index contributed by atoms with van der Waals surface area (Å²) in [5.41, 5.74) is 7.14. The van der Waals surface area contributed by atoms with Gasteiger partial charge in [-0.05, 0) is 30.2 Å². The van der Waals surface area contributed by atoms with Gasteiger partial charge < -0.3 is 10.6 Å². The maximum atomic E-state index is 12.5. The lowest BCUT2D eigenvalue weighted by Crippen LogP contribution is -2.37. The Balaban J connectivity index is 1.67. The Hall–Kier alpha value is -2.73.